The fourth-order valence-electron chi connectivity index (χ4n) is 10.9. The summed E-state index contributed by atoms with van der Waals surface area (Å²) >= 11 is 0. The van der Waals surface area contributed by atoms with Gasteiger partial charge in [0.1, 0.15) is 0 Å². The van der Waals surface area contributed by atoms with Crippen LogP contribution in [0.4, 0.5) is 17.1 Å². The first-order valence-corrected chi connectivity index (χ1v) is 22.5. The first-order valence-electron chi connectivity index (χ1n) is 22.5. The molecule has 2 aliphatic carbocycles. The number of para-hydroxylation sites is 1. The summed E-state index contributed by atoms with van der Waals surface area (Å²) in [5.74, 6) is 0.238. The monoisotopic (exact) mass is 815 g/mol. The smallest absolute Gasteiger partial charge is 0.0540 e. The number of rotatable bonds is 8. The minimum Gasteiger partial charge on any atom is -0.310 e. The number of nitrogens with zero attached hydrogens (tertiary/aromatic N) is 1. The van der Waals surface area contributed by atoms with E-state index in [4.69, 9.17) is 0 Å². The summed E-state index contributed by atoms with van der Waals surface area (Å²) in [5, 5.41) is 5.16. The highest BCUT2D eigenvalue weighted by Crippen LogP contribution is 2.61. The molecular weight excluding hydrogens is 771 g/mol. The zero-order valence-corrected chi connectivity index (χ0v) is 35.5. The van der Waals surface area contributed by atoms with Crippen LogP contribution in [0.25, 0.3) is 66.1 Å². The number of benzene rings is 10. The summed E-state index contributed by atoms with van der Waals surface area (Å²) in [6.07, 6.45) is 10.2. The lowest BCUT2D eigenvalue weighted by molar-refractivity contribution is 0.460. The van der Waals surface area contributed by atoms with Gasteiger partial charge in [0, 0.05) is 16.9 Å². The van der Waals surface area contributed by atoms with Gasteiger partial charge in [-0.25, -0.2) is 0 Å². The molecule has 2 aliphatic rings. The summed E-state index contributed by atoms with van der Waals surface area (Å²) < 4.78 is 0. The van der Waals surface area contributed by atoms with Crippen molar-refractivity contribution in [3.05, 3.63) is 272 Å². The zero-order chi connectivity index (χ0) is 42.5. The maximum absolute atomic E-state index is 2.47. The van der Waals surface area contributed by atoms with E-state index in [0.29, 0.717) is 0 Å². The van der Waals surface area contributed by atoms with Crippen LogP contribution < -0.4 is 4.90 Å². The van der Waals surface area contributed by atoms with Crippen molar-refractivity contribution in [2.75, 3.05) is 4.90 Å². The summed E-state index contributed by atoms with van der Waals surface area (Å²) in [6.45, 7) is 0. The molecule has 12 rings (SSSR count). The van der Waals surface area contributed by atoms with Crippen LogP contribution in [0.2, 0.25) is 0 Å². The molecule has 10 aromatic carbocycles. The van der Waals surface area contributed by atoms with Crippen molar-refractivity contribution < 1.29 is 0 Å². The van der Waals surface area contributed by atoms with Crippen LogP contribution in [0, 0.1) is 5.92 Å². The van der Waals surface area contributed by atoms with Crippen LogP contribution in [0.1, 0.15) is 23.1 Å². The van der Waals surface area contributed by atoms with E-state index in [-0.39, 0.29) is 11.3 Å². The first-order chi connectivity index (χ1) is 31.8. The summed E-state index contributed by atoms with van der Waals surface area (Å²) in [4.78, 5) is 2.42. The SMILES string of the molecule is C1=CCC(C2(c3ccccc3)c3ccccc3-c3c2c2ccc(-c4ccccc4N(c4ccc(-c5ccccc5)cc4)c4ccc(-c5ccccc5)cc4)cc2c2ccccc32)C=C1. The Morgan fingerprint density at radius 3 is 1.56 bits per heavy atom. The Morgan fingerprint density at radius 2 is 0.922 bits per heavy atom. The van der Waals surface area contributed by atoms with Gasteiger partial charge in [0.15, 0.2) is 0 Å². The van der Waals surface area contributed by atoms with E-state index < -0.39 is 0 Å². The second-order valence-corrected chi connectivity index (χ2v) is 17.1. The molecule has 0 heterocycles. The highest BCUT2D eigenvalue weighted by atomic mass is 15.1. The van der Waals surface area contributed by atoms with E-state index in [2.05, 4.69) is 260 Å². The van der Waals surface area contributed by atoms with Gasteiger partial charge in [0.05, 0.1) is 11.1 Å². The highest BCUT2D eigenvalue weighted by molar-refractivity contribution is 6.19. The third kappa shape index (κ3) is 6.08. The van der Waals surface area contributed by atoms with Gasteiger partial charge in [-0.15, -0.1) is 0 Å². The Balaban J connectivity index is 1.08. The Kier molecular flexibility index (Phi) is 9.27. The molecule has 0 amide bonds. The number of fused-ring (bicyclic) bond motifs is 8. The maximum atomic E-state index is 2.47. The van der Waals surface area contributed by atoms with Gasteiger partial charge in [-0.1, -0.05) is 218 Å². The lowest BCUT2D eigenvalue weighted by Crippen LogP contribution is -2.35. The molecule has 64 heavy (non-hydrogen) atoms. The molecule has 10 aromatic rings. The predicted octanol–water partition coefficient (Wildman–Crippen LogP) is 16.9. The van der Waals surface area contributed by atoms with Gasteiger partial charge in [-0.3, -0.25) is 0 Å². The van der Waals surface area contributed by atoms with Crippen molar-refractivity contribution in [2.45, 2.75) is 11.8 Å². The molecule has 1 nitrogen and oxygen atoms in total. The molecule has 1 heteroatoms. The molecular formula is C63H45N. The van der Waals surface area contributed by atoms with Crippen LogP contribution in [0.5, 0.6) is 0 Å². The molecule has 0 saturated heterocycles. The lowest BCUT2D eigenvalue weighted by Gasteiger charge is -2.40. The number of hydrogen-bond acceptors (Lipinski definition) is 1. The normalized spacial score (nSPS) is 16.2. The average Bonchev–Trinajstić information content (AvgIpc) is 3.70. The Bertz CT molecular complexity index is 3300. The quantitative estimate of drug-likeness (QED) is 0.138. The average molecular weight is 816 g/mol. The highest BCUT2D eigenvalue weighted by Gasteiger charge is 2.50. The fourth-order valence-corrected chi connectivity index (χ4v) is 10.9. The van der Waals surface area contributed by atoms with Crippen molar-refractivity contribution >= 4 is 38.6 Å². The number of hydrogen-bond donors (Lipinski definition) is 0. The first kappa shape index (κ1) is 37.7. The van der Waals surface area contributed by atoms with Crippen molar-refractivity contribution in [2.24, 2.45) is 5.92 Å². The Labute approximate surface area is 375 Å². The van der Waals surface area contributed by atoms with E-state index in [1.54, 1.807) is 0 Å². The molecule has 2 unspecified atom stereocenters. The molecule has 2 atom stereocenters. The van der Waals surface area contributed by atoms with Crippen LogP contribution >= 0.6 is 0 Å². The van der Waals surface area contributed by atoms with Gasteiger partial charge >= 0.3 is 0 Å². The van der Waals surface area contributed by atoms with Gasteiger partial charge in [-0.2, -0.15) is 0 Å². The molecule has 302 valence electrons. The lowest BCUT2D eigenvalue weighted by atomic mass is 9.61. The van der Waals surface area contributed by atoms with Crippen LogP contribution in [0.3, 0.4) is 0 Å². The fraction of sp³-hybridized carbons (Fsp3) is 0.0476. The molecule has 0 radical (unpaired) electrons. The van der Waals surface area contributed by atoms with Gasteiger partial charge in [-0.05, 0) is 126 Å². The van der Waals surface area contributed by atoms with Crippen molar-refractivity contribution in [3.63, 3.8) is 0 Å². The molecule has 0 bridgehead atoms. The van der Waals surface area contributed by atoms with Gasteiger partial charge < -0.3 is 4.90 Å². The number of anilines is 3. The minimum atomic E-state index is -0.384. The predicted molar refractivity (Wildman–Crippen MR) is 271 cm³/mol. The van der Waals surface area contributed by atoms with E-state index in [1.807, 2.05) is 0 Å². The van der Waals surface area contributed by atoms with E-state index >= 15 is 0 Å². The molecule has 0 N–H and O–H groups in total. The second kappa shape index (κ2) is 15.7. The van der Waals surface area contributed by atoms with E-state index in [1.165, 1.54) is 82.7 Å². The van der Waals surface area contributed by atoms with Crippen molar-refractivity contribution in [1.29, 1.82) is 0 Å². The molecule has 0 saturated carbocycles. The summed E-state index contributed by atoms with van der Waals surface area (Å²) in [7, 11) is 0. The molecule has 0 spiro atoms. The maximum Gasteiger partial charge on any atom is 0.0540 e. The summed E-state index contributed by atoms with van der Waals surface area (Å²) in [6, 6.07) is 85.1. The largest absolute Gasteiger partial charge is 0.310 e. The molecule has 0 aliphatic heterocycles. The van der Waals surface area contributed by atoms with E-state index in [9.17, 15) is 0 Å². The van der Waals surface area contributed by atoms with Crippen molar-refractivity contribution in [1.82, 2.24) is 0 Å². The third-order valence-corrected chi connectivity index (χ3v) is 13.7. The van der Waals surface area contributed by atoms with E-state index in [0.717, 1.165) is 23.5 Å². The van der Waals surface area contributed by atoms with Crippen LogP contribution in [-0.2, 0) is 5.41 Å². The van der Waals surface area contributed by atoms with Crippen LogP contribution in [0.15, 0.2) is 255 Å². The molecule has 0 fully saturated rings. The van der Waals surface area contributed by atoms with Gasteiger partial charge in [0.25, 0.3) is 0 Å². The number of allylic oxidation sites excluding steroid dienone is 4. The van der Waals surface area contributed by atoms with Gasteiger partial charge in [0.2, 0.25) is 0 Å². The molecule has 0 aromatic heterocycles. The third-order valence-electron chi connectivity index (χ3n) is 13.7. The second-order valence-electron chi connectivity index (χ2n) is 17.1. The Hall–Kier alpha value is -8.00. The summed E-state index contributed by atoms with van der Waals surface area (Å²) in [5.41, 5.74) is 16.9. The zero-order valence-electron chi connectivity index (χ0n) is 35.5. The van der Waals surface area contributed by atoms with Crippen LogP contribution in [-0.4, -0.2) is 0 Å². The van der Waals surface area contributed by atoms with Crippen molar-refractivity contribution in [3.8, 4) is 44.5 Å². The Morgan fingerprint density at radius 1 is 0.391 bits per heavy atom. The standard InChI is InChI=1S/C63H45N/c1-5-19-44(20-6-1)46-33-38-51(39-34-46)64(52-40-35-47(36-41-52)45-21-7-2-8-22-45)60-32-18-16-27-53(60)48-37-42-56-58(43-48)54-28-13-14-29-55(54)61-57-30-15-17-31-59(57)63(62(56)61,49-23-9-3-10-24-49)50-25-11-4-12-26-50/h1-25,27-43,50H,26H2. The minimum absolute atomic E-state index is 0.238. The topological polar surface area (TPSA) is 3.24 Å².